The minimum Gasteiger partial charge on any atom is -0.486 e. The Bertz CT molecular complexity index is 2250. The van der Waals surface area contributed by atoms with Crippen LogP contribution in [0.3, 0.4) is 0 Å². The number of rotatable bonds is 11. The second-order valence-corrected chi connectivity index (χ2v) is 13.3. The Hall–Kier alpha value is -6.58. The molecule has 0 fully saturated rings. The summed E-state index contributed by atoms with van der Waals surface area (Å²) in [6, 6.07) is 48.6. The molecule has 0 saturated carbocycles. The van der Waals surface area contributed by atoms with Gasteiger partial charge in [-0.15, -0.1) is 11.8 Å². The molecule has 0 saturated heterocycles. The van der Waals surface area contributed by atoms with Crippen LogP contribution >= 0.6 is 11.8 Å². The van der Waals surface area contributed by atoms with Crippen molar-refractivity contribution < 1.29 is 23.9 Å². The fourth-order valence-electron chi connectivity index (χ4n) is 5.72. The summed E-state index contributed by atoms with van der Waals surface area (Å²) in [6.45, 7) is 0.923. The predicted molar refractivity (Wildman–Crippen MR) is 210 cm³/mol. The minimum atomic E-state index is -0.616. The largest absolute Gasteiger partial charge is 0.486 e. The number of thioether (sulfide) groups is 1. The molecule has 1 unspecified atom stereocenters. The molecule has 0 spiro atoms. The van der Waals surface area contributed by atoms with Gasteiger partial charge in [-0.05, 0) is 70.8 Å². The lowest BCUT2D eigenvalue weighted by Crippen LogP contribution is -2.30. The summed E-state index contributed by atoms with van der Waals surface area (Å²) in [5, 5.41) is 8.17. The van der Waals surface area contributed by atoms with Crippen LogP contribution in [0.2, 0.25) is 0 Å². The van der Waals surface area contributed by atoms with Crippen LogP contribution in [-0.4, -0.2) is 30.9 Å². The highest BCUT2D eigenvalue weighted by molar-refractivity contribution is 8.00. The first-order chi connectivity index (χ1) is 26.0. The van der Waals surface area contributed by atoms with Gasteiger partial charge in [0, 0.05) is 27.9 Å². The van der Waals surface area contributed by atoms with Gasteiger partial charge < -0.3 is 25.4 Å². The number of anilines is 2. The zero-order valence-electron chi connectivity index (χ0n) is 28.5. The van der Waals surface area contributed by atoms with E-state index in [1.54, 1.807) is 60.7 Å². The molecule has 262 valence electrons. The Kier molecular flexibility index (Phi) is 10.9. The van der Waals surface area contributed by atoms with Crippen molar-refractivity contribution in [1.29, 1.82) is 0 Å². The van der Waals surface area contributed by atoms with E-state index in [0.29, 0.717) is 41.7 Å². The third-order valence-electron chi connectivity index (χ3n) is 8.35. The average Bonchev–Trinajstić information content (AvgIpc) is 3.21. The normalized spacial score (nSPS) is 12.6. The lowest BCUT2D eigenvalue weighted by atomic mass is 10.0. The molecule has 0 aromatic heterocycles. The van der Waals surface area contributed by atoms with E-state index in [0.717, 1.165) is 27.1 Å². The van der Waals surface area contributed by atoms with E-state index in [9.17, 15) is 14.4 Å². The van der Waals surface area contributed by atoms with E-state index in [1.165, 1.54) is 11.8 Å². The molecule has 1 heterocycles. The molecule has 53 heavy (non-hydrogen) atoms. The van der Waals surface area contributed by atoms with Gasteiger partial charge in [0.2, 0.25) is 5.91 Å². The van der Waals surface area contributed by atoms with Crippen LogP contribution in [0.5, 0.6) is 11.5 Å². The van der Waals surface area contributed by atoms with Crippen molar-refractivity contribution in [3.05, 3.63) is 180 Å². The maximum Gasteiger partial charge on any atom is 0.272 e. The number of nitrogens with one attached hydrogen (secondary N) is 3. The van der Waals surface area contributed by atoms with E-state index in [2.05, 4.69) is 16.0 Å². The Morgan fingerprint density at radius 2 is 1.25 bits per heavy atom. The van der Waals surface area contributed by atoms with Crippen LogP contribution in [0.25, 0.3) is 17.2 Å². The Labute approximate surface area is 311 Å². The number of carbonyl (C=O) groups excluding carboxylic acids is 3. The van der Waals surface area contributed by atoms with Gasteiger partial charge in [0.05, 0.1) is 0 Å². The summed E-state index contributed by atoms with van der Waals surface area (Å²) in [4.78, 5) is 41.7. The summed E-state index contributed by atoms with van der Waals surface area (Å²) in [6.07, 6.45) is 1.65. The Morgan fingerprint density at radius 3 is 1.98 bits per heavy atom. The van der Waals surface area contributed by atoms with Gasteiger partial charge in [0.25, 0.3) is 11.8 Å². The summed E-state index contributed by atoms with van der Waals surface area (Å²) >= 11 is 1.35. The summed E-state index contributed by atoms with van der Waals surface area (Å²) in [5.74, 6) is 0.0885. The zero-order chi connectivity index (χ0) is 36.4. The summed E-state index contributed by atoms with van der Waals surface area (Å²) in [5.41, 5.74) is 5.25. The molecule has 1 atom stereocenters. The monoisotopic (exact) mass is 717 g/mol. The quantitative estimate of drug-likeness (QED) is 0.0913. The topological polar surface area (TPSA) is 106 Å². The first-order valence-corrected chi connectivity index (χ1v) is 17.9. The second-order valence-electron chi connectivity index (χ2n) is 12.1. The molecule has 1 aliphatic heterocycles. The van der Waals surface area contributed by atoms with E-state index in [1.807, 2.05) is 103 Å². The molecule has 7 rings (SSSR count). The van der Waals surface area contributed by atoms with Gasteiger partial charge in [0.1, 0.15) is 24.2 Å². The van der Waals surface area contributed by atoms with Gasteiger partial charge in [0.15, 0.2) is 11.5 Å². The highest BCUT2D eigenvalue weighted by Gasteiger charge is 2.24. The molecule has 3 N–H and O–H groups in total. The first-order valence-electron chi connectivity index (χ1n) is 17.1. The Morgan fingerprint density at radius 1 is 0.604 bits per heavy atom. The third-order valence-corrected chi connectivity index (χ3v) is 9.60. The molecule has 3 amide bonds. The van der Waals surface area contributed by atoms with Crippen molar-refractivity contribution >= 4 is 46.9 Å². The molecule has 0 aliphatic carbocycles. The van der Waals surface area contributed by atoms with Gasteiger partial charge in [-0.1, -0.05) is 109 Å². The molecular weight excluding hydrogens is 683 g/mol. The van der Waals surface area contributed by atoms with Crippen molar-refractivity contribution in [3.8, 4) is 22.6 Å². The van der Waals surface area contributed by atoms with E-state index >= 15 is 0 Å². The van der Waals surface area contributed by atoms with Crippen molar-refractivity contribution in [2.45, 2.75) is 10.1 Å². The zero-order valence-corrected chi connectivity index (χ0v) is 29.3. The van der Waals surface area contributed by atoms with E-state index < -0.39 is 17.1 Å². The van der Waals surface area contributed by atoms with Crippen molar-refractivity contribution in [2.24, 2.45) is 0 Å². The molecule has 6 aromatic carbocycles. The highest BCUT2D eigenvalue weighted by Crippen LogP contribution is 2.38. The van der Waals surface area contributed by atoms with Crippen molar-refractivity contribution in [1.82, 2.24) is 5.32 Å². The first kappa shape index (κ1) is 34.9. The molecule has 6 aromatic rings. The van der Waals surface area contributed by atoms with Gasteiger partial charge in [-0.3, -0.25) is 14.4 Å². The maximum absolute atomic E-state index is 13.9. The fourth-order valence-corrected chi connectivity index (χ4v) is 6.81. The summed E-state index contributed by atoms with van der Waals surface area (Å²) < 4.78 is 11.3. The molecular formula is C44H35N3O5S. The maximum atomic E-state index is 13.9. The van der Waals surface area contributed by atoms with Crippen LogP contribution < -0.4 is 25.4 Å². The number of ether oxygens (including phenoxy) is 2. The number of hydrogen-bond acceptors (Lipinski definition) is 6. The van der Waals surface area contributed by atoms with E-state index in [-0.39, 0.29) is 11.6 Å². The van der Waals surface area contributed by atoms with Crippen LogP contribution in [0.15, 0.2) is 168 Å². The van der Waals surface area contributed by atoms with Gasteiger partial charge >= 0.3 is 0 Å². The number of benzene rings is 6. The SMILES string of the molecule is O=C(Nc1cccc(SC(C(=O)Nc2ccc3c(c2)OCCO3)c2ccccc2)c1)/C(=C\c1ccc(-c2ccccc2)cc1)NC(=O)c1ccccc1. The Balaban J connectivity index is 1.11. The number of hydrogen-bond donors (Lipinski definition) is 3. The number of fused-ring (bicyclic) bond motifs is 1. The van der Waals surface area contributed by atoms with Crippen LogP contribution in [-0.2, 0) is 9.59 Å². The van der Waals surface area contributed by atoms with Crippen molar-refractivity contribution in [3.63, 3.8) is 0 Å². The minimum absolute atomic E-state index is 0.0744. The van der Waals surface area contributed by atoms with Crippen molar-refractivity contribution in [2.75, 3.05) is 23.8 Å². The molecule has 0 radical (unpaired) electrons. The second kappa shape index (κ2) is 16.6. The molecule has 9 heteroatoms. The standard InChI is InChI=1S/C44H35N3O5S/c48-42(34-15-8-3-9-16-34)47-38(27-30-19-21-32(22-20-30)31-11-4-1-5-12-31)43(49)45-35-17-10-18-37(28-35)53-41(33-13-6-2-7-14-33)44(50)46-36-23-24-39-40(29-36)52-26-25-51-39/h1-24,27-29,41H,25-26H2,(H,45,49)(H,46,50)(H,47,48)/b38-27+. The van der Waals surface area contributed by atoms with Crippen LogP contribution in [0.4, 0.5) is 11.4 Å². The molecule has 0 bridgehead atoms. The molecule has 1 aliphatic rings. The van der Waals surface area contributed by atoms with Gasteiger partial charge in [-0.2, -0.15) is 0 Å². The van der Waals surface area contributed by atoms with Crippen LogP contribution in [0, 0.1) is 0 Å². The number of amides is 3. The smallest absolute Gasteiger partial charge is 0.272 e. The summed E-state index contributed by atoms with van der Waals surface area (Å²) in [7, 11) is 0. The highest BCUT2D eigenvalue weighted by atomic mass is 32.2. The van der Waals surface area contributed by atoms with E-state index in [4.69, 9.17) is 9.47 Å². The lowest BCUT2D eigenvalue weighted by molar-refractivity contribution is -0.116. The molecule has 8 nitrogen and oxygen atoms in total. The lowest BCUT2D eigenvalue weighted by Gasteiger charge is -2.20. The predicted octanol–water partition coefficient (Wildman–Crippen LogP) is 9.01. The average molecular weight is 718 g/mol. The van der Waals surface area contributed by atoms with Crippen LogP contribution in [0.1, 0.15) is 26.7 Å². The third kappa shape index (κ3) is 9.02. The number of carbonyl (C=O) groups is 3. The van der Waals surface area contributed by atoms with Gasteiger partial charge in [-0.25, -0.2) is 0 Å². The fraction of sp³-hybridized carbons (Fsp3) is 0.0682.